The van der Waals surface area contributed by atoms with Crippen LogP contribution >= 0.6 is 15.9 Å². The van der Waals surface area contributed by atoms with Gasteiger partial charge in [0.15, 0.2) is 0 Å². The van der Waals surface area contributed by atoms with E-state index in [1.54, 1.807) is 13.8 Å². The van der Waals surface area contributed by atoms with Gasteiger partial charge in [0.05, 0.1) is 40.7 Å². The number of aliphatic hydroxyl groups excluding tert-OH is 1. The summed E-state index contributed by atoms with van der Waals surface area (Å²) in [7, 11) is 0. The molecular formula is C30H49BrO6. The largest absolute Gasteiger partial charge is 0.485 e. The van der Waals surface area contributed by atoms with Crippen LogP contribution in [0.5, 0.6) is 0 Å². The summed E-state index contributed by atoms with van der Waals surface area (Å²) in [5.41, 5.74) is -1.61. The van der Waals surface area contributed by atoms with Crippen molar-refractivity contribution in [3.63, 3.8) is 0 Å². The number of hydrogen-bond donors (Lipinski definition) is 2. The lowest BCUT2D eigenvalue weighted by Gasteiger charge is -2.54. The summed E-state index contributed by atoms with van der Waals surface area (Å²) in [6.07, 6.45) is 8.45. The Labute approximate surface area is 232 Å². The molecule has 0 spiro atoms. The summed E-state index contributed by atoms with van der Waals surface area (Å²) in [5, 5.41) is 21.3. The molecule has 8 atom stereocenters. The molecule has 2 N–H and O–H groups in total. The number of rotatable bonds is 7. The molecule has 0 saturated carbocycles. The quantitative estimate of drug-likeness (QED) is 0.351. The predicted molar refractivity (Wildman–Crippen MR) is 149 cm³/mol. The van der Waals surface area contributed by atoms with Crippen molar-refractivity contribution in [2.45, 2.75) is 164 Å². The van der Waals surface area contributed by atoms with Gasteiger partial charge in [-0.05, 0) is 118 Å². The molecule has 37 heavy (non-hydrogen) atoms. The molecule has 6 nitrogen and oxygen atoms in total. The zero-order valence-electron chi connectivity index (χ0n) is 23.9. The Kier molecular flexibility index (Phi) is 8.14. The van der Waals surface area contributed by atoms with E-state index in [0.717, 1.165) is 56.3 Å². The fourth-order valence-electron chi connectivity index (χ4n) is 6.63. The van der Waals surface area contributed by atoms with Gasteiger partial charge in [0, 0.05) is 4.83 Å². The number of fused-ring (bicyclic) bond motifs is 1. The second-order valence-corrected chi connectivity index (χ2v) is 14.8. The molecule has 3 fully saturated rings. The molecule has 4 aliphatic rings. The topological polar surface area (TPSA) is 77.4 Å². The number of alkyl halides is 1. The van der Waals surface area contributed by atoms with Gasteiger partial charge in [-0.25, -0.2) is 0 Å². The Morgan fingerprint density at radius 2 is 1.76 bits per heavy atom. The maximum atomic E-state index is 11.0. The summed E-state index contributed by atoms with van der Waals surface area (Å²) < 4.78 is 26.0. The lowest BCUT2D eigenvalue weighted by atomic mass is 9.77. The van der Waals surface area contributed by atoms with E-state index >= 15 is 0 Å². The minimum atomic E-state index is -0.915. The number of halogens is 1. The molecule has 0 aromatic rings. The van der Waals surface area contributed by atoms with Crippen LogP contribution in [0, 0.1) is 0 Å². The van der Waals surface area contributed by atoms with Gasteiger partial charge in [0.25, 0.3) is 0 Å². The molecule has 4 rings (SSSR count). The molecule has 0 radical (unpaired) electrons. The van der Waals surface area contributed by atoms with Gasteiger partial charge in [-0.1, -0.05) is 22.5 Å². The molecular weight excluding hydrogens is 536 g/mol. The molecule has 0 aromatic carbocycles. The SMILES string of the molecule is C=C(CC[C@H](O)[C@@]1(C)CC[C@H](C(C)(C)O)O1)C1=CC[C@H]2O[C@@H]([C@]3(C)CC[C@@H](Br)C(C)(C)O3)CC[C@]2(C)O1. The number of aliphatic hydroxyl groups is 2. The highest BCUT2D eigenvalue weighted by Gasteiger charge is 2.53. The van der Waals surface area contributed by atoms with E-state index in [1.807, 2.05) is 6.92 Å². The summed E-state index contributed by atoms with van der Waals surface area (Å²) in [5.74, 6) is 0.822. The van der Waals surface area contributed by atoms with Crippen molar-refractivity contribution < 1.29 is 29.2 Å². The molecule has 212 valence electrons. The Morgan fingerprint density at radius 3 is 2.38 bits per heavy atom. The van der Waals surface area contributed by atoms with Gasteiger partial charge in [-0.15, -0.1) is 0 Å². The Balaban J connectivity index is 1.33. The molecule has 7 heteroatoms. The smallest absolute Gasteiger partial charge is 0.133 e. The van der Waals surface area contributed by atoms with Crippen LogP contribution < -0.4 is 0 Å². The summed E-state index contributed by atoms with van der Waals surface area (Å²) >= 11 is 3.79. The highest BCUT2D eigenvalue weighted by Crippen LogP contribution is 2.48. The highest BCUT2D eigenvalue weighted by molar-refractivity contribution is 9.09. The molecule has 0 aromatic heterocycles. The fraction of sp³-hybridized carbons (Fsp3) is 0.867. The molecule has 0 unspecified atom stereocenters. The maximum absolute atomic E-state index is 11.0. The van der Waals surface area contributed by atoms with Crippen molar-refractivity contribution in [1.82, 2.24) is 0 Å². The predicted octanol–water partition coefficient (Wildman–Crippen LogP) is 6.11. The van der Waals surface area contributed by atoms with Crippen molar-refractivity contribution in [3.8, 4) is 0 Å². The van der Waals surface area contributed by atoms with E-state index in [-0.39, 0.29) is 29.5 Å². The molecule has 4 heterocycles. The molecule has 3 saturated heterocycles. The van der Waals surface area contributed by atoms with Crippen LogP contribution in [0.1, 0.15) is 106 Å². The zero-order chi connectivity index (χ0) is 27.4. The first kappa shape index (κ1) is 29.5. The van der Waals surface area contributed by atoms with E-state index in [0.29, 0.717) is 17.7 Å². The van der Waals surface area contributed by atoms with Gasteiger partial charge in [-0.2, -0.15) is 0 Å². The van der Waals surface area contributed by atoms with Crippen LogP contribution in [0.25, 0.3) is 0 Å². The summed E-state index contributed by atoms with van der Waals surface area (Å²) in [6, 6.07) is 0. The normalized spacial score (nSPS) is 42.9. The summed E-state index contributed by atoms with van der Waals surface area (Å²) in [6.45, 7) is 18.4. The Hall–Kier alpha value is -0.440. The second-order valence-electron chi connectivity index (χ2n) is 13.7. The molecule has 4 aliphatic heterocycles. The Morgan fingerprint density at radius 1 is 1.08 bits per heavy atom. The lowest BCUT2D eigenvalue weighted by molar-refractivity contribution is -0.265. The highest BCUT2D eigenvalue weighted by atomic mass is 79.9. The van der Waals surface area contributed by atoms with Gasteiger partial charge >= 0.3 is 0 Å². The van der Waals surface area contributed by atoms with Crippen LogP contribution in [0.3, 0.4) is 0 Å². The van der Waals surface area contributed by atoms with E-state index in [2.05, 4.69) is 56.3 Å². The van der Waals surface area contributed by atoms with Crippen LogP contribution in [0.15, 0.2) is 24.0 Å². The van der Waals surface area contributed by atoms with Crippen molar-refractivity contribution in [1.29, 1.82) is 0 Å². The van der Waals surface area contributed by atoms with E-state index in [1.165, 1.54) is 0 Å². The van der Waals surface area contributed by atoms with Gasteiger partial charge in [0.2, 0.25) is 0 Å². The number of hydrogen-bond acceptors (Lipinski definition) is 6. The first-order valence-electron chi connectivity index (χ1n) is 14.1. The van der Waals surface area contributed by atoms with E-state index < -0.39 is 22.9 Å². The monoisotopic (exact) mass is 584 g/mol. The van der Waals surface area contributed by atoms with Crippen molar-refractivity contribution in [2.24, 2.45) is 0 Å². The zero-order valence-corrected chi connectivity index (χ0v) is 25.5. The van der Waals surface area contributed by atoms with Crippen LogP contribution in [-0.2, 0) is 18.9 Å². The van der Waals surface area contributed by atoms with Crippen molar-refractivity contribution >= 4 is 15.9 Å². The molecule has 0 aliphatic carbocycles. The van der Waals surface area contributed by atoms with Gasteiger partial charge in [-0.3, -0.25) is 0 Å². The fourth-order valence-corrected chi connectivity index (χ4v) is 6.95. The third-order valence-electron chi connectivity index (χ3n) is 9.47. The molecule has 0 bridgehead atoms. The Bertz CT molecular complexity index is 895. The van der Waals surface area contributed by atoms with E-state index in [9.17, 15) is 10.2 Å². The van der Waals surface area contributed by atoms with Gasteiger partial charge in [0.1, 0.15) is 17.5 Å². The lowest BCUT2D eigenvalue weighted by Crippen LogP contribution is -2.61. The molecule has 0 amide bonds. The van der Waals surface area contributed by atoms with Crippen LogP contribution in [0.2, 0.25) is 0 Å². The first-order valence-corrected chi connectivity index (χ1v) is 15.0. The minimum absolute atomic E-state index is 0.0248. The third kappa shape index (κ3) is 6.02. The van der Waals surface area contributed by atoms with Crippen molar-refractivity contribution in [2.75, 3.05) is 0 Å². The second kappa shape index (κ2) is 10.2. The van der Waals surface area contributed by atoms with Crippen molar-refractivity contribution in [3.05, 3.63) is 24.0 Å². The number of allylic oxidation sites excluding steroid dienone is 1. The standard InChI is InChI=1S/C30H49BrO6/c1-19(9-11-22(32)28(6)17-14-23(36-28)26(2,3)33)20-10-12-24-29(7,35-20)18-15-25(34-24)30(8)16-13-21(31)27(4,5)37-30/h10,21-25,32-33H,1,9,11-18H2,2-8H3/t21-,22+,23-,24-,25-,28-,29+,30+/m1/s1. The van der Waals surface area contributed by atoms with E-state index in [4.69, 9.17) is 18.9 Å². The minimum Gasteiger partial charge on any atom is -0.485 e. The average molecular weight is 586 g/mol. The number of ether oxygens (including phenoxy) is 4. The summed E-state index contributed by atoms with van der Waals surface area (Å²) in [4.78, 5) is 0.348. The average Bonchev–Trinajstić information content (AvgIpc) is 3.22. The van der Waals surface area contributed by atoms with Crippen LogP contribution in [-0.4, -0.2) is 67.5 Å². The van der Waals surface area contributed by atoms with Crippen LogP contribution in [0.4, 0.5) is 0 Å². The first-order chi connectivity index (χ1) is 17.0. The van der Waals surface area contributed by atoms with Gasteiger partial charge < -0.3 is 29.2 Å². The maximum Gasteiger partial charge on any atom is 0.133 e. The third-order valence-corrected chi connectivity index (χ3v) is 11.0.